The van der Waals surface area contributed by atoms with Crippen LogP contribution >= 0.6 is 12.2 Å². The smallest absolute Gasteiger partial charge is 0.178 e. The molecule has 16 heavy (non-hydrogen) atoms. The number of imidazole rings is 1. The molecule has 0 saturated heterocycles. The van der Waals surface area contributed by atoms with E-state index in [1.807, 2.05) is 18.2 Å². The minimum absolute atomic E-state index is 0.665. The van der Waals surface area contributed by atoms with E-state index in [4.69, 9.17) is 17.5 Å². The number of nitrogens with zero attached hydrogens (tertiary/aromatic N) is 2. The van der Waals surface area contributed by atoms with Crippen LogP contribution in [0, 0.1) is 22.0 Å². The van der Waals surface area contributed by atoms with E-state index in [9.17, 15) is 0 Å². The van der Waals surface area contributed by atoms with Gasteiger partial charge in [0.1, 0.15) is 6.07 Å². The summed E-state index contributed by atoms with van der Waals surface area (Å²) in [5.41, 5.74) is 2.59. The minimum atomic E-state index is 0.665. The van der Waals surface area contributed by atoms with Gasteiger partial charge in [-0.1, -0.05) is 6.07 Å². The van der Waals surface area contributed by atoms with Gasteiger partial charge < -0.3 is 9.55 Å². The van der Waals surface area contributed by atoms with Crippen molar-refractivity contribution in [2.45, 2.75) is 19.4 Å². The molecule has 1 aliphatic rings. The summed E-state index contributed by atoms with van der Waals surface area (Å²) < 4.78 is 2.84. The maximum absolute atomic E-state index is 9.02. The molecule has 1 aliphatic carbocycles. The largest absolute Gasteiger partial charge is 0.329 e. The highest BCUT2D eigenvalue weighted by Crippen LogP contribution is 2.32. The van der Waals surface area contributed by atoms with Crippen molar-refractivity contribution in [1.29, 1.82) is 5.26 Å². The van der Waals surface area contributed by atoms with Gasteiger partial charge in [0.25, 0.3) is 0 Å². The molecule has 0 radical (unpaired) electrons. The maximum atomic E-state index is 9.02. The number of para-hydroxylation sites is 1. The van der Waals surface area contributed by atoms with Gasteiger partial charge >= 0.3 is 0 Å². The Balaban J connectivity index is 2.24. The van der Waals surface area contributed by atoms with E-state index in [1.165, 1.54) is 12.8 Å². The number of aromatic nitrogens is 2. The zero-order valence-corrected chi connectivity index (χ0v) is 9.55. The summed E-state index contributed by atoms with van der Waals surface area (Å²) in [7, 11) is 0. The third kappa shape index (κ3) is 1.44. The lowest BCUT2D eigenvalue weighted by Gasteiger charge is -2.02. The zero-order chi connectivity index (χ0) is 11.1. The molecule has 0 atom stereocenters. The molecule has 1 N–H and O–H groups in total. The van der Waals surface area contributed by atoms with Crippen LogP contribution < -0.4 is 0 Å². The van der Waals surface area contributed by atoms with Gasteiger partial charge in [0.2, 0.25) is 0 Å². The Hall–Kier alpha value is -1.60. The van der Waals surface area contributed by atoms with Crippen LogP contribution in [-0.2, 0) is 6.54 Å². The van der Waals surface area contributed by atoms with Gasteiger partial charge in [-0.25, -0.2) is 0 Å². The summed E-state index contributed by atoms with van der Waals surface area (Å²) in [6.07, 6.45) is 2.60. The highest BCUT2D eigenvalue weighted by Gasteiger charge is 2.23. The Bertz CT molecular complexity index is 640. The number of nitriles is 1. The monoisotopic (exact) mass is 229 g/mol. The standard InChI is InChI=1S/C12H11N3S/c13-6-9-2-1-3-10-11(9)14-12(16)15(10)7-8-4-5-8/h1-3,8H,4-5,7H2,(H,14,16). The van der Waals surface area contributed by atoms with Gasteiger partial charge in [0.05, 0.1) is 16.6 Å². The van der Waals surface area contributed by atoms with Gasteiger partial charge in [0, 0.05) is 6.54 Å². The van der Waals surface area contributed by atoms with Crippen molar-refractivity contribution in [3.8, 4) is 6.07 Å². The average molecular weight is 229 g/mol. The summed E-state index contributed by atoms with van der Waals surface area (Å²) >= 11 is 5.30. The van der Waals surface area contributed by atoms with Crippen LogP contribution in [-0.4, -0.2) is 9.55 Å². The second-order valence-electron chi connectivity index (χ2n) is 4.30. The zero-order valence-electron chi connectivity index (χ0n) is 8.73. The fourth-order valence-electron chi connectivity index (χ4n) is 2.01. The fraction of sp³-hybridized carbons (Fsp3) is 0.333. The number of hydrogen-bond acceptors (Lipinski definition) is 2. The number of aromatic amines is 1. The van der Waals surface area contributed by atoms with Crippen LogP contribution in [0.5, 0.6) is 0 Å². The van der Waals surface area contributed by atoms with E-state index in [-0.39, 0.29) is 0 Å². The lowest BCUT2D eigenvalue weighted by molar-refractivity contribution is 0.635. The number of rotatable bonds is 2. The first kappa shape index (κ1) is 9.61. The van der Waals surface area contributed by atoms with Crippen LogP contribution in [0.3, 0.4) is 0 Å². The van der Waals surface area contributed by atoms with E-state index in [0.717, 1.165) is 28.3 Å². The lowest BCUT2D eigenvalue weighted by Crippen LogP contribution is -1.99. The van der Waals surface area contributed by atoms with Gasteiger partial charge in [0.15, 0.2) is 4.77 Å². The molecule has 0 amide bonds. The fourth-order valence-corrected chi connectivity index (χ4v) is 2.29. The molecule has 1 heterocycles. The van der Waals surface area contributed by atoms with Gasteiger partial charge in [-0.3, -0.25) is 0 Å². The van der Waals surface area contributed by atoms with Gasteiger partial charge in [-0.2, -0.15) is 5.26 Å². The molecule has 1 fully saturated rings. The Kier molecular flexibility index (Phi) is 2.08. The van der Waals surface area contributed by atoms with E-state index >= 15 is 0 Å². The second kappa shape index (κ2) is 3.46. The highest BCUT2D eigenvalue weighted by atomic mass is 32.1. The average Bonchev–Trinajstić information content (AvgIpc) is 3.04. The molecule has 3 nitrogen and oxygen atoms in total. The topological polar surface area (TPSA) is 44.5 Å². The molecule has 0 bridgehead atoms. The molecule has 0 aliphatic heterocycles. The lowest BCUT2D eigenvalue weighted by atomic mass is 10.2. The first-order chi connectivity index (χ1) is 7.79. The van der Waals surface area contributed by atoms with Crippen molar-refractivity contribution in [3.63, 3.8) is 0 Å². The van der Waals surface area contributed by atoms with Crippen LogP contribution in [0.15, 0.2) is 18.2 Å². The predicted molar refractivity (Wildman–Crippen MR) is 64.6 cm³/mol. The van der Waals surface area contributed by atoms with E-state index < -0.39 is 0 Å². The van der Waals surface area contributed by atoms with E-state index in [0.29, 0.717) is 5.56 Å². The summed E-state index contributed by atoms with van der Waals surface area (Å²) in [5.74, 6) is 0.774. The maximum Gasteiger partial charge on any atom is 0.178 e. The Morgan fingerprint density at radius 3 is 3.00 bits per heavy atom. The molecule has 3 rings (SSSR count). The van der Waals surface area contributed by atoms with E-state index in [2.05, 4.69) is 15.6 Å². The molecule has 2 aromatic rings. The molecular weight excluding hydrogens is 218 g/mol. The quantitative estimate of drug-likeness (QED) is 0.804. The number of benzene rings is 1. The van der Waals surface area contributed by atoms with Gasteiger partial charge in [-0.15, -0.1) is 0 Å². The molecule has 4 heteroatoms. The highest BCUT2D eigenvalue weighted by molar-refractivity contribution is 7.71. The van der Waals surface area contributed by atoms with Crippen molar-refractivity contribution in [3.05, 3.63) is 28.5 Å². The van der Waals surface area contributed by atoms with Crippen LogP contribution in [0.2, 0.25) is 0 Å². The molecule has 1 aromatic heterocycles. The van der Waals surface area contributed by atoms with E-state index in [1.54, 1.807) is 0 Å². The molecule has 1 saturated carbocycles. The van der Waals surface area contributed by atoms with Crippen molar-refractivity contribution in [1.82, 2.24) is 9.55 Å². The summed E-state index contributed by atoms with van der Waals surface area (Å²) in [6, 6.07) is 7.93. The third-order valence-electron chi connectivity index (χ3n) is 3.07. The molecule has 0 spiro atoms. The summed E-state index contributed by atoms with van der Waals surface area (Å²) in [4.78, 5) is 3.14. The number of H-pyrrole nitrogens is 1. The van der Waals surface area contributed by atoms with Crippen LogP contribution in [0.4, 0.5) is 0 Å². The van der Waals surface area contributed by atoms with Crippen molar-refractivity contribution < 1.29 is 0 Å². The predicted octanol–water partition coefficient (Wildman–Crippen LogP) is 2.98. The Labute approximate surface area is 98.3 Å². The number of fused-ring (bicyclic) bond motifs is 1. The summed E-state index contributed by atoms with van der Waals surface area (Å²) in [6.45, 7) is 0.980. The van der Waals surface area contributed by atoms with Crippen molar-refractivity contribution in [2.24, 2.45) is 5.92 Å². The third-order valence-corrected chi connectivity index (χ3v) is 3.39. The number of hydrogen-bond donors (Lipinski definition) is 1. The number of nitrogens with one attached hydrogen (secondary N) is 1. The van der Waals surface area contributed by atoms with Crippen LogP contribution in [0.1, 0.15) is 18.4 Å². The summed E-state index contributed by atoms with van der Waals surface area (Å²) in [5, 5.41) is 9.02. The van der Waals surface area contributed by atoms with Gasteiger partial charge in [-0.05, 0) is 43.1 Å². The first-order valence-electron chi connectivity index (χ1n) is 5.41. The Morgan fingerprint density at radius 1 is 1.50 bits per heavy atom. The second-order valence-corrected chi connectivity index (χ2v) is 4.68. The molecule has 0 unspecified atom stereocenters. The molecule has 1 aromatic carbocycles. The van der Waals surface area contributed by atoms with Crippen LogP contribution in [0.25, 0.3) is 11.0 Å². The Morgan fingerprint density at radius 2 is 2.31 bits per heavy atom. The molecular formula is C12H11N3S. The van der Waals surface area contributed by atoms with Crippen molar-refractivity contribution in [2.75, 3.05) is 0 Å². The first-order valence-corrected chi connectivity index (χ1v) is 5.82. The minimum Gasteiger partial charge on any atom is -0.329 e. The van der Waals surface area contributed by atoms with Crippen molar-refractivity contribution >= 4 is 23.3 Å². The normalized spacial score (nSPS) is 15.2. The molecule has 80 valence electrons. The SMILES string of the molecule is N#Cc1cccc2c1[nH]c(=S)n2CC1CC1.